The van der Waals surface area contributed by atoms with Gasteiger partial charge in [0.15, 0.2) is 0 Å². The molecule has 0 aromatic carbocycles. The summed E-state index contributed by atoms with van der Waals surface area (Å²) in [5.41, 5.74) is 8.55. The van der Waals surface area contributed by atoms with Gasteiger partial charge in [-0.2, -0.15) is 0 Å². The van der Waals surface area contributed by atoms with E-state index >= 15 is 0 Å². The third kappa shape index (κ3) is 6.26. The zero-order valence-electron chi connectivity index (χ0n) is 18.2. The van der Waals surface area contributed by atoms with Gasteiger partial charge in [0.25, 0.3) is 0 Å². The van der Waals surface area contributed by atoms with Crippen molar-refractivity contribution in [2.45, 2.75) is 19.5 Å². The van der Waals surface area contributed by atoms with E-state index in [1.807, 2.05) is 0 Å². The van der Waals surface area contributed by atoms with Crippen molar-refractivity contribution in [1.82, 2.24) is 0 Å². The van der Waals surface area contributed by atoms with Crippen LogP contribution in [0.25, 0.3) is 0 Å². The predicted octanol–water partition coefficient (Wildman–Crippen LogP) is 6.44. The molecule has 1 aliphatic heterocycles. The average molecular weight is 428 g/mol. The summed E-state index contributed by atoms with van der Waals surface area (Å²) in [7, 11) is -2.79. The van der Waals surface area contributed by atoms with E-state index in [9.17, 15) is 0 Å². The second kappa shape index (κ2) is 8.22. The molecule has 0 saturated heterocycles. The van der Waals surface area contributed by atoms with Crippen LogP contribution in [-0.4, -0.2) is 77.7 Å². The van der Waals surface area contributed by atoms with Gasteiger partial charge in [0, 0.05) is 0 Å². The summed E-state index contributed by atoms with van der Waals surface area (Å²) >= 11 is 0. The SMILES string of the molecule is CC(C)C1C[PH](C)(C)C#CP(C)C[PH](C)(C)/C=C\[PH](C)(C)[PH]1(C)C. The summed E-state index contributed by atoms with van der Waals surface area (Å²) in [6.45, 7) is 25.6. The third-order valence-electron chi connectivity index (χ3n) is 6.30. The molecule has 5 heteroatoms. The fourth-order valence-corrected chi connectivity index (χ4v) is 30.2. The van der Waals surface area contributed by atoms with Gasteiger partial charge in [-0.05, 0) is 0 Å². The van der Waals surface area contributed by atoms with Gasteiger partial charge in [-0.25, -0.2) is 0 Å². The van der Waals surface area contributed by atoms with E-state index in [2.05, 4.69) is 96.8 Å². The van der Waals surface area contributed by atoms with Crippen molar-refractivity contribution in [3.05, 3.63) is 11.6 Å². The van der Waals surface area contributed by atoms with Crippen LogP contribution in [-0.2, 0) is 0 Å². The molecular weight excluding hydrogens is 383 g/mol. The molecule has 0 fully saturated rings. The molecule has 0 radical (unpaired) electrons. The maximum absolute atomic E-state index is 3.87. The second-order valence-electron chi connectivity index (χ2n) is 10.8. The molecule has 0 bridgehead atoms. The van der Waals surface area contributed by atoms with Crippen LogP contribution in [0, 0.1) is 17.2 Å². The van der Waals surface area contributed by atoms with Crippen LogP contribution in [0.5, 0.6) is 0 Å². The third-order valence-corrected chi connectivity index (χ3v) is 34.9. The summed E-state index contributed by atoms with van der Waals surface area (Å²) < 4.78 is 0. The fraction of sp³-hybridized carbons (Fsp3) is 0.789. The van der Waals surface area contributed by atoms with E-state index in [-0.39, 0.29) is 7.92 Å². The Morgan fingerprint density at radius 1 is 0.958 bits per heavy atom. The van der Waals surface area contributed by atoms with Crippen LogP contribution < -0.4 is 0 Å². The molecule has 0 nitrogen and oxygen atoms in total. The Kier molecular flexibility index (Phi) is 8.04. The van der Waals surface area contributed by atoms with E-state index in [4.69, 9.17) is 0 Å². The van der Waals surface area contributed by atoms with Crippen molar-refractivity contribution in [3.8, 4) is 11.3 Å². The Bertz CT molecular complexity index is 532. The first kappa shape index (κ1) is 23.5. The molecule has 1 rings (SSSR count). The molecule has 1 heterocycles. The van der Waals surface area contributed by atoms with E-state index < -0.39 is 28.4 Å². The predicted molar refractivity (Wildman–Crippen MR) is 139 cm³/mol. The molecule has 0 saturated carbocycles. The molecule has 0 spiro atoms. The minimum atomic E-state index is -1.43. The quantitative estimate of drug-likeness (QED) is 0.333. The Balaban J connectivity index is 3.47. The van der Waals surface area contributed by atoms with Crippen LogP contribution >= 0.6 is 36.3 Å². The van der Waals surface area contributed by atoms with Crippen LogP contribution in [0.4, 0.5) is 0 Å². The first-order valence-corrected chi connectivity index (χ1v) is 25.2. The normalized spacial score (nSPS) is 38.2. The zero-order chi connectivity index (χ0) is 19.0. The Hall–Kier alpha value is 1.45. The van der Waals surface area contributed by atoms with Crippen molar-refractivity contribution < 1.29 is 0 Å². The standard InChI is InChI=1S/C19H45P5/c1-18(2)19-16-21(4,5)13-12-20(3)17-22(6,7)14-15-23(8,9)24(19,10)11/h14-15,18-19,21-24H,16-17H2,1-11H3/b15-14-. The molecule has 2 atom stereocenters. The molecular formula is C19H45P5. The first-order chi connectivity index (χ1) is 10.6. The molecule has 146 valence electrons. The molecule has 24 heavy (non-hydrogen) atoms. The Morgan fingerprint density at radius 2 is 1.50 bits per heavy atom. The van der Waals surface area contributed by atoms with Gasteiger partial charge >= 0.3 is 157 Å². The number of hydrogen-bond donors (Lipinski definition) is 0. The van der Waals surface area contributed by atoms with E-state index in [1.165, 1.54) is 12.1 Å². The van der Waals surface area contributed by atoms with E-state index in [0.29, 0.717) is 0 Å². The summed E-state index contributed by atoms with van der Waals surface area (Å²) in [6, 6.07) is 0. The fourth-order valence-electron chi connectivity index (χ4n) is 4.00. The summed E-state index contributed by atoms with van der Waals surface area (Å²) in [5, 5.41) is 0. The van der Waals surface area contributed by atoms with Crippen LogP contribution in [0.15, 0.2) is 11.6 Å². The van der Waals surface area contributed by atoms with Crippen molar-refractivity contribution >= 4 is 36.3 Å². The molecule has 0 amide bonds. The first-order valence-electron chi connectivity index (χ1n) is 9.54. The van der Waals surface area contributed by atoms with Gasteiger partial charge in [0.2, 0.25) is 0 Å². The van der Waals surface area contributed by atoms with Crippen LogP contribution in [0.1, 0.15) is 13.8 Å². The van der Waals surface area contributed by atoms with Crippen molar-refractivity contribution in [2.75, 3.05) is 72.0 Å². The Morgan fingerprint density at radius 3 is 2.00 bits per heavy atom. The molecule has 0 aliphatic carbocycles. The number of hydrogen-bond acceptors (Lipinski definition) is 0. The summed E-state index contributed by atoms with van der Waals surface area (Å²) in [4.78, 5) is 0. The van der Waals surface area contributed by atoms with Gasteiger partial charge in [-0.3, -0.25) is 0 Å². The molecule has 1 aliphatic rings. The van der Waals surface area contributed by atoms with Crippen molar-refractivity contribution in [3.63, 3.8) is 0 Å². The van der Waals surface area contributed by atoms with Gasteiger partial charge in [-0.15, -0.1) is 0 Å². The topological polar surface area (TPSA) is 0 Å². The maximum atomic E-state index is 3.87. The summed E-state index contributed by atoms with van der Waals surface area (Å²) in [6.07, 6.45) is 1.42. The van der Waals surface area contributed by atoms with Crippen LogP contribution in [0.3, 0.4) is 0 Å². The average Bonchev–Trinajstić information content (AvgIpc) is 2.39. The summed E-state index contributed by atoms with van der Waals surface area (Å²) in [5.74, 6) is 7.69. The van der Waals surface area contributed by atoms with Gasteiger partial charge in [-0.1, -0.05) is 0 Å². The molecule has 2 unspecified atom stereocenters. The van der Waals surface area contributed by atoms with Crippen molar-refractivity contribution in [1.29, 1.82) is 0 Å². The van der Waals surface area contributed by atoms with E-state index in [1.54, 1.807) is 0 Å². The van der Waals surface area contributed by atoms with Crippen LogP contribution in [0.2, 0.25) is 0 Å². The second-order valence-corrected chi connectivity index (χ2v) is 38.1. The molecule has 0 N–H and O–H groups in total. The molecule has 0 aromatic rings. The van der Waals surface area contributed by atoms with Gasteiger partial charge < -0.3 is 0 Å². The monoisotopic (exact) mass is 428 g/mol. The number of rotatable bonds is 1. The van der Waals surface area contributed by atoms with E-state index in [0.717, 1.165) is 11.6 Å². The minimum absolute atomic E-state index is 0.105. The van der Waals surface area contributed by atoms with Gasteiger partial charge in [0.05, 0.1) is 0 Å². The van der Waals surface area contributed by atoms with Gasteiger partial charge in [0.1, 0.15) is 0 Å². The molecule has 0 aromatic heterocycles. The zero-order valence-corrected chi connectivity index (χ0v) is 23.1. The van der Waals surface area contributed by atoms with Crippen molar-refractivity contribution in [2.24, 2.45) is 5.92 Å². The Labute approximate surface area is 156 Å².